The van der Waals surface area contributed by atoms with Crippen LogP contribution in [0.4, 0.5) is 5.69 Å². The van der Waals surface area contributed by atoms with Gasteiger partial charge in [-0.1, -0.05) is 6.07 Å². The first kappa shape index (κ1) is 17.4. The van der Waals surface area contributed by atoms with E-state index in [0.29, 0.717) is 29.4 Å². The largest absolute Gasteiger partial charge is 0.493 e. The molecule has 1 N–H and O–H groups in total. The number of ether oxygens (including phenoxy) is 2. The van der Waals surface area contributed by atoms with Gasteiger partial charge in [0.15, 0.2) is 11.5 Å². The lowest BCUT2D eigenvalue weighted by molar-refractivity contribution is 0.102. The van der Waals surface area contributed by atoms with Gasteiger partial charge >= 0.3 is 0 Å². The number of aromatic nitrogens is 4. The van der Waals surface area contributed by atoms with Crippen LogP contribution >= 0.6 is 0 Å². The molecule has 3 aromatic rings. The number of rotatable bonds is 6. The minimum atomic E-state index is -0.250. The number of methoxy groups -OCH3 is 1. The van der Waals surface area contributed by atoms with E-state index in [0.717, 1.165) is 11.3 Å². The van der Waals surface area contributed by atoms with Crippen molar-refractivity contribution in [1.29, 1.82) is 0 Å². The fraction of sp³-hybridized carbons (Fsp3) is 0.222. The topological polar surface area (TPSA) is 91.2 Å². The van der Waals surface area contributed by atoms with E-state index in [1.54, 1.807) is 30.0 Å². The Bertz CT molecular complexity index is 909. The molecule has 0 spiro atoms. The zero-order valence-corrected chi connectivity index (χ0v) is 14.8. The number of carbonyl (C=O) groups excluding carboxylic acids is 1. The quantitative estimate of drug-likeness (QED) is 0.732. The number of carbonyl (C=O) groups is 1. The number of nitrogens with zero attached hydrogens (tertiary/aromatic N) is 4. The van der Waals surface area contributed by atoms with Gasteiger partial charge in [-0.2, -0.15) is 0 Å². The zero-order valence-electron chi connectivity index (χ0n) is 14.8. The van der Waals surface area contributed by atoms with Crippen molar-refractivity contribution in [3.05, 3.63) is 53.9 Å². The second kappa shape index (κ2) is 7.64. The van der Waals surface area contributed by atoms with E-state index in [9.17, 15) is 4.79 Å². The molecule has 1 aromatic heterocycles. The molecule has 1 heterocycles. The summed E-state index contributed by atoms with van der Waals surface area (Å²) >= 11 is 0. The highest BCUT2D eigenvalue weighted by Gasteiger charge is 2.12. The summed E-state index contributed by atoms with van der Waals surface area (Å²) in [7, 11) is 1.56. The van der Waals surface area contributed by atoms with Gasteiger partial charge in [0.25, 0.3) is 5.91 Å². The van der Waals surface area contributed by atoms with Crippen LogP contribution in [-0.4, -0.2) is 39.8 Å². The Hall–Kier alpha value is -3.42. The summed E-state index contributed by atoms with van der Waals surface area (Å²) in [6.45, 7) is 4.30. The molecule has 0 aliphatic heterocycles. The normalized spacial score (nSPS) is 10.4. The van der Waals surface area contributed by atoms with Gasteiger partial charge in [0.1, 0.15) is 6.33 Å². The molecule has 8 heteroatoms. The molecular formula is C18H19N5O3. The third-order valence-corrected chi connectivity index (χ3v) is 3.79. The highest BCUT2D eigenvalue weighted by Crippen LogP contribution is 2.28. The van der Waals surface area contributed by atoms with Crippen molar-refractivity contribution in [3.63, 3.8) is 0 Å². The first-order valence-electron chi connectivity index (χ1n) is 8.08. The molecule has 0 fully saturated rings. The molecule has 0 saturated carbocycles. The summed E-state index contributed by atoms with van der Waals surface area (Å²) in [6, 6.07) is 10.6. The second-order valence-electron chi connectivity index (χ2n) is 5.51. The Kier molecular flexibility index (Phi) is 5.12. The van der Waals surface area contributed by atoms with E-state index < -0.39 is 0 Å². The van der Waals surface area contributed by atoms with E-state index >= 15 is 0 Å². The van der Waals surface area contributed by atoms with Crippen LogP contribution in [0.15, 0.2) is 42.7 Å². The molecule has 0 aliphatic rings. The highest BCUT2D eigenvalue weighted by atomic mass is 16.5. The molecule has 8 nitrogen and oxygen atoms in total. The Morgan fingerprint density at radius 2 is 2.04 bits per heavy atom. The molecule has 0 unspecified atom stereocenters. The third kappa shape index (κ3) is 3.64. The molecule has 1 amide bonds. The molecular weight excluding hydrogens is 334 g/mol. The zero-order chi connectivity index (χ0) is 18.5. The first-order chi connectivity index (χ1) is 12.6. The number of hydrogen-bond acceptors (Lipinski definition) is 6. The molecule has 0 aliphatic carbocycles. The van der Waals surface area contributed by atoms with Gasteiger partial charge in [-0.25, -0.2) is 4.68 Å². The van der Waals surface area contributed by atoms with Crippen molar-refractivity contribution in [3.8, 4) is 17.2 Å². The summed E-state index contributed by atoms with van der Waals surface area (Å²) in [5.74, 6) is 0.862. The molecule has 0 atom stereocenters. The smallest absolute Gasteiger partial charge is 0.255 e. The Balaban J connectivity index is 1.84. The number of anilines is 1. The predicted molar refractivity (Wildman–Crippen MR) is 96.0 cm³/mol. The third-order valence-electron chi connectivity index (χ3n) is 3.79. The molecule has 26 heavy (non-hydrogen) atoms. The second-order valence-corrected chi connectivity index (χ2v) is 5.51. The number of aryl methyl sites for hydroxylation is 1. The van der Waals surface area contributed by atoms with Gasteiger partial charge in [-0.15, -0.1) is 5.10 Å². The molecule has 3 rings (SSSR count). The number of nitrogens with one attached hydrogen (secondary N) is 1. The van der Waals surface area contributed by atoms with E-state index in [1.807, 2.05) is 32.0 Å². The monoisotopic (exact) mass is 353 g/mol. The minimum absolute atomic E-state index is 0.250. The van der Waals surface area contributed by atoms with Crippen molar-refractivity contribution in [2.45, 2.75) is 13.8 Å². The maximum absolute atomic E-state index is 12.6. The maximum Gasteiger partial charge on any atom is 0.255 e. The van der Waals surface area contributed by atoms with Gasteiger partial charge < -0.3 is 14.8 Å². The maximum atomic E-state index is 12.6. The number of benzene rings is 2. The Morgan fingerprint density at radius 1 is 1.19 bits per heavy atom. The van der Waals surface area contributed by atoms with E-state index in [2.05, 4.69) is 20.8 Å². The van der Waals surface area contributed by atoms with Crippen LogP contribution in [-0.2, 0) is 0 Å². The summed E-state index contributed by atoms with van der Waals surface area (Å²) in [5.41, 5.74) is 2.88. The molecule has 0 saturated heterocycles. The summed E-state index contributed by atoms with van der Waals surface area (Å²) in [6.07, 6.45) is 1.51. The van der Waals surface area contributed by atoms with Gasteiger partial charge in [-0.05, 0) is 60.2 Å². The van der Waals surface area contributed by atoms with E-state index in [-0.39, 0.29) is 5.91 Å². The number of amides is 1. The van der Waals surface area contributed by atoms with Gasteiger partial charge in [-0.3, -0.25) is 4.79 Å². The fourth-order valence-electron chi connectivity index (χ4n) is 2.50. The number of tetrazole rings is 1. The van der Waals surface area contributed by atoms with Crippen LogP contribution in [0.1, 0.15) is 22.8 Å². The van der Waals surface area contributed by atoms with Crippen LogP contribution in [0.25, 0.3) is 5.69 Å². The average molecular weight is 353 g/mol. The molecule has 134 valence electrons. The van der Waals surface area contributed by atoms with Crippen molar-refractivity contribution in [2.75, 3.05) is 19.0 Å². The van der Waals surface area contributed by atoms with E-state index in [1.165, 1.54) is 6.33 Å². The molecule has 0 radical (unpaired) electrons. The van der Waals surface area contributed by atoms with Gasteiger partial charge in [0, 0.05) is 11.3 Å². The lowest BCUT2D eigenvalue weighted by Crippen LogP contribution is -2.13. The standard InChI is InChI=1S/C18H19N5O3/c1-4-26-17-9-13(6-8-16(17)25-3)18(24)20-14-7-5-12(2)15(10-14)23-11-19-21-22-23/h5-11H,4H2,1-3H3,(H,20,24). The minimum Gasteiger partial charge on any atom is -0.493 e. The lowest BCUT2D eigenvalue weighted by Gasteiger charge is -2.12. The number of hydrogen-bond donors (Lipinski definition) is 1. The summed E-state index contributed by atoms with van der Waals surface area (Å²) in [5, 5.41) is 14.0. The van der Waals surface area contributed by atoms with Crippen molar-refractivity contribution < 1.29 is 14.3 Å². The highest BCUT2D eigenvalue weighted by molar-refractivity contribution is 6.04. The fourth-order valence-corrected chi connectivity index (χ4v) is 2.50. The van der Waals surface area contributed by atoms with Crippen LogP contribution in [0.3, 0.4) is 0 Å². The molecule has 0 bridgehead atoms. The van der Waals surface area contributed by atoms with Crippen LogP contribution in [0.5, 0.6) is 11.5 Å². The predicted octanol–water partition coefficient (Wildman–Crippen LogP) is 2.63. The van der Waals surface area contributed by atoms with Gasteiger partial charge in [0.05, 0.1) is 19.4 Å². The van der Waals surface area contributed by atoms with Crippen molar-refractivity contribution >= 4 is 11.6 Å². The van der Waals surface area contributed by atoms with Crippen molar-refractivity contribution in [1.82, 2.24) is 20.2 Å². The molecule has 2 aromatic carbocycles. The van der Waals surface area contributed by atoms with Crippen LogP contribution < -0.4 is 14.8 Å². The van der Waals surface area contributed by atoms with Crippen molar-refractivity contribution in [2.24, 2.45) is 0 Å². The lowest BCUT2D eigenvalue weighted by atomic mass is 10.1. The summed E-state index contributed by atoms with van der Waals surface area (Å²) in [4.78, 5) is 12.6. The van der Waals surface area contributed by atoms with Crippen LogP contribution in [0.2, 0.25) is 0 Å². The SMILES string of the molecule is CCOc1cc(C(=O)Nc2ccc(C)c(-n3cnnn3)c2)ccc1OC. The Morgan fingerprint density at radius 3 is 2.73 bits per heavy atom. The summed E-state index contributed by atoms with van der Waals surface area (Å²) < 4.78 is 12.3. The van der Waals surface area contributed by atoms with Crippen LogP contribution in [0, 0.1) is 6.92 Å². The average Bonchev–Trinajstić information content (AvgIpc) is 3.18. The Labute approximate surface area is 150 Å². The van der Waals surface area contributed by atoms with E-state index in [4.69, 9.17) is 9.47 Å². The first-order valence-corrected chi connectivity index (χ1v) is 8.08. The van der Waals surface area contributed by atoms with Gasteiger partial charge in [0.2, 0.25) is 0 Å².